The predicted molar refractivity (Wildman–Crippen MR) is 63.7 cm³/mol. The number of alkyl carbamates (subject to hydrolysis) is 1. The highest BCUT2D eigenvalue weighted by Crippen LogP contribution is 2.09. The Labute approximate surface area is 106 Å². The van der Waals surface area contributed by atoms with E-state index < -0.39 is 30.1 Å². The first-order valence-corrected chi connectivity index (χ1v) is 5.67. The third-order valence-corrected chi connectivity index (χ3v) is 2.39. The van der Waals surface area contributed by atoms with E-state index in [0.717, 1.165) is 0 Å². The molecule has 1 fully saturated rings. The van der Waals surface area contributed by atoms with Crippen molar-refractivity contribution >= 4 is 18.0 Å². The Morgan fingerprint density at radius 3 is 1.94 bits per heavy atom. The molecule has 4 N–H and O–H groups in total. The van der Waals surface area contributed by atoms with Gasteiger partial charge in [0.25, 0.3) is 0 Å². The van der Waals surface area contributed by atoms with E-state index in [4.69, 9.17) is 10.8 Å². The molecule has 18 heavy (non-hydrogen) atoms. The van der Waals surface area contributed by atoms with Gasteiger partial charge in [-0.1, -0.05) is 27.7 Å². The quantitative estimate of drug-likeness (QED) is 0.497. The smallest absolute Gasteiger partial charge is 0.415 e. The fraction of sp³-hybridized carbons (Fsp3) is 0.727. The molecule has 0 aromatic carbocycles. The van der Waals surface area contributed by atoms with Crippen molar-refractivity contribution in [3.05, 3.63) is 0 Å². The highest BCUT2D eigenvalue weighted by molar-refractivity contribution is 5.95. The van der Waals surface area contributed by atoms with Crippen LogP contribution in [0.25, 0.3) is 0 Å². The Balaban J connectivity index is 0.000000331. The first kappa shape index (κ1) is 16.4. The van der Waals surface area contributed by atoms with E-state index in [9.17, 15) is 14.4 Å². The van der Waals surface area contributed by atoms with E-state index in [1.54, 1.807) is 13.8 Å². The van der Waals surface area contributed by atoms with E-state index in [2.05, 4.69) is 10.1 Å². The van der Waals surface area contributed by atoms with Crippen LogP contribution in [0, 0.1) is 11.8 Å². The molecular formula is C11H20N2O5. The van der Waals surface area contributed by atoms with Crippen LogP contribution < -0.4 is 11.1 Å². The van der Waals surface area contributed by atoms with E-state index in [1.165, 1.54) is 0 Å². The van der Waals surface area contributed by atoms with Gasteiger partial charge in [0.1, 0.15) is 12.1 Å². The number of carboxylic acid groups (broad SMARTS) is 1. The molecule has 1 aliphatic rings. The van der Waals surface area contributed by atoms with E-state index in [0.29, 0.717) is 0 Å². The lowest BCUT2D eigenvalue weighted by atomic mass is 10.1. The summed E-state index contributed by atoms with van der Waals surface area (Å²) < 4.78 is 4.25. The molecule has 0 aliphatic carbocycles. The van der Waals surface area contributed by atoms with Gasteiger partial charge in [0.05, 0.1) is 0 Å². The number of aliphatic carboxylic acids is 1. The van der Waals surface area contributed by atoms with Gasteiger partial charge in [-0.25, -0.2) is 9.59 Å². The SMILES string of the molecule is CC(C)C(N)C(=O)O.CC(C)C1NC(=O)OC1=O. The van der Waals surface area contributed by atoms with Gasteiger partial charge in [0, 0.05) is 0 Å². The van der Waals surface area contributed by atoms with Crippen molar-refractivity contribution < 1.29 is 24.2 Å². The summed E-state index contributed by atoms with van der Waals surface area (Å²) in [5, 5.41) is 10.6. The average molecular weight is 260 g/mol. The number of cyclic esters (lactones) is 2. The van der Waals surface area contributed by atoms with Crippen LogP contribution in [0.15, 0.2) is 0 Å². The maximum Gasteiger partial charge on any atom is 0.415 e. The van der Waals surface area contributed by atoms with E-state index in [1.807, 2.05) is 13.8 Å². The first-order chi connectivity index (χ1) is 8.16. The van der Waals surface area contributed by atoms with Crippen LogP contribution in [0.4, 0.5) is 4.79 Å². The fourth-order valence-electron chi connectivity index (χ4n) is 1.09. The Kier molecular flexibility index (Phi) is 6.32. The summed E-state index contributed by atoms with van der Waals surface area (Å²) in [4.78, 5) is 31.2. The lowest BCUT2D eigenvalue weighted by Gasteiger charge is -2.07. The van der Waals surface area contributed by atoms with E-state index >= 15 is 0 Å². The molecule has 0 aromatic heterocycles. The zero-order valence-electron chi connectivity index (χ0n) is 11.0. The van der Waals surface area contributed by atoms with Gasteiger partial charge >= 0.3 is 18.0 Å². The van der Waals surface area contributed by atoms with Crippen molar-refractivity contribution in [3.8, 4) is 0 Å². The number of hydrogen-bond donors (Lipinski definition) is 3. The average Bonchev–Trinajstić information content (AvgIpc) is 2.57. The van der Waals surface area contributed by atoms with Crippen LogP contribution in [0.1, 0.15) is 27.7 Å². The van der Waals surface area contributed by atoms with Crippen LogP contribution in [0.3, 0.4) is 0 Å². The lowest BCUT2D eigenvalue weighted by molar-refractivity contribution is -0.139. The Morgan fingerprint density at radius 1 is 1.33 bits per heavy atom. The molecule has 7 nitrogen and oxygen atoms in total. The monoisotopic (exact) mass is 260 g/mol. The summed E-state index contributed by atoms with van der Waals surface area (Å²) in [5.41, 5.74) is 5.16. The Hall–Kier alpha value is -1.63. The minimum Gasteiger partial charge on any atom is -0.480 e. The fourth-order valence-corrected chi connectivity index (χ4v) is 1.09. The first-order valence-electron chi connectivity index (χ1n) is 5.67. The van der Waals surface area contributed by atoms with Crippen LogP contribution in [0.5, 0.6) is 0 Å². The number of carbonyl (C=O) groups excluding carboxylic acids is 2. The highest BCUT2D eigenvalue weighted by Gasteiger charge is 2.34. The third kappa shape index (κ3) is 5.13. The molecule has 1 saturated heterocycles. The molecule has 0 saturated carbocycles. The summed E-state index contributed by atoms with van der Waals surface area (Å²) in [6.45, 7) is 7.24. The second-order valence-electron chi connectivity index (χ2n) is 4.68. The zero-order valence-corrected chi connectivity index (χ0v) is 11.0. The third-order valence-electron chi connectivity index (χ3n) is 2.39. The molecule has 0 radical (unpaired) electrons. The largest absolute Gasteiger partial charge is 0.480 e. The summed E-state index contributed by atoms with van der Waals surface area (Å²) in [5.74, 6) is -1.29. The number of esters is 1. The topological polar surface area (TPSA) is 119 Å². The van der Waals surface area contributed by atoms with Gasteiger partial charge in [-0.3, -0.25) is 4.79 Å². The van der Waals surface area contributed by atoms with Crippen molar-refractivity contribution in [1.82, 2.24) is 5.32 Å². The lowest BCUT2D eigenvalue weighted by Crippen LogP contribution is -2.34. The number of carboxylic acids is 1. The molecule has 1 aliphatic heterocycles. The van der Waals surface area contributed by atoms with Gasteiger partial charge in [-0.05, 0) is 11.8 Å². The number of carbonyl (C=O) groups is 3. The Morgan fingerprint density at radius 2 is 1.83 bits per heavy atom. The number of nitrogens with two attached hydrogens (primary N) is 1. The molecule has 2 atom stereocenters. The van der Waals surface area contributed by atoms with Gasteiger partial charge in [0.2, 0.25) is 0 Å². The minimum absolute atomic E-state index is 0.0208. The van der Waals surface area contributed by atoms with Crippen molar-refractivity contribution in [2.45, 2.75) is 39.8 Å². The van der Waals surface area contributed by atoms with Crippen LogP contribution in [-0.4, -0.2) is 35.2 Å². The summed E-state index contributed by atoms with van der Waals surface area (Å²) in [7, 11) is 0. The molecule has 0 aromatic rings. The molecular weight excluding hydrogens is 240 g/mol. The maximum absolute atomic E-state index is 10.7. The van der Waals surface area contributed by atoms with Crippen LogP contribution in [0.2, 0.25) is 0 Å². The summed E-state index contributed by atoms with van der Waals surface area (Å²) in [6, 6.07) is -1.16. The van der Waals surface area contributed by atoms with Crippen molar-refractivity contribution in [2.24, 2.45) is 17.6 Å². The molecule has 1 rings (SSSR count). The van der Waals surface area contributed by atoms with Crippen molar-refractivity contribution in [3.63, 3.8) is 0 Å². The molecule has 0 bridgehead atoms. The standard InChI is InChI=1S/C6H9NO3.C5H11NO2/c1-3(2)4-5(8)10-6(9)7-4;1-3(2)4(6)5(7)8/h3-4H,1-2H3,(H,7,9);3-4H,6H2,1-2H3,(H,7,8). The van der Waals surface area contributed by atoms with Crippen molar-refractivity contribution in [2.75, 3.05) is 0 Å². The number of ether oxygens (including phenoxy) is 1. The van der Waals surface area contributed by atoms with Crippen LogP contribution >= 0.6 is 0 Å². The highest BCUT2D eigenvalue weighted by atomic mass is 16.6. The van der Waals surface area contributed by atoms with Crippen LogP contribution in [-0.2, 0) is 14.3 Å². The van der Waals surface area contributed by atoms with Crippen molar-refractivity contribution in [1.29, 1.82) is 0 Å². The van der Waals surface area contributed by atoms with E-state index in [-0.39, 0.29) is 11.8 Å². The molecule has 104 valence electrons. The van der Waals surface area contributed by atoms with Gasteiger partial charge < -0.3 is 20.9 Å². The summed E-state index contributed by atoms with van der Waals surface area (Å²) >= 11 is 0. The molecule has 7 heteroatoms. The number of rotatable bonds is 3. The van der Waals surface area contributed by atoms with Gasteiger partial charge in [0.15, 0.2) is 0 Å². The normalized spacial score (nSPS) is 20.1. The number of hydrogen-bond acceptors (Lipinski definition) is 5. The number of nitrogens with one attached hydrogen (secondary N) is 1. The number of amides is 1. The predicted octanol–water partition coefficient (Wildman–Crippen LogP) is 0.332. The molecule has 2 unspecified atom stereocenters. The zero-order chi connectivity index (χ0) is 14.5. The second kappa shape index (κ2) is 6.95. The van der Waals surface area contributed by atoms with Gasteiger partial charge in [-0.15, -0.1) is 0 Å². The molecule has 0 spiro atoms. The second-order valence-corrected chi connectivity index (χ2v) is 4.68. The maximum atomic E-state index is 10.7. The van der Waals surface area contributed by atoms with Gasteiger partial charge in [-0.2, -0.15) is 0 Å². The molecule has 1 amide bonds. The summed E-state index contributed by atoms with van der Waals surface area (Å²) in [6.07, 6.45) is -0.635. The Bertz CT molecular complexity index is 327. The molecule has 1 heterocycles. The minimum atomic E-state index is -0.931.